The maximum absolute atomic E-state index is 12.8. The molecule has 0 saturated carbocycles. The molecule has 120 valence electrons. The van der Waals surface area contributed by atoms with Gasteiger partial charge in [0.2, 0.25) is 5.91 Å². The zero-order chi connectivity index (χ0) is 15.9. The van der Waals surface area contributed by atoms with Crippen LogP contribution in [0, 0.1) is 0 Å². The first kappa shape index (κ1) is 16.3. The number of nitrogens with two attached hydrogens (primary N) is 1. The predicted octanol–water partition coefficient (Wildman–Crippen LogP) is 1.71. The molecule has 0 spiro atoms. The Morgan fingerprint density at radius 1 is 1.36 bits per heavy atom. The molecular weight excluding hydrogens is 276 g/mol. The second-order valence-corrected chi connectivity index (χ2v) is 5.72. The normalized spacial score (nSPS) is 18.1. The minimum atomic E-state index is -0.0343. The van der Waals surface area contributed by atoms with Crippen molar-refractivity contribution < 1.29 is 4.79 Å². The first-order valence-electron chi connectivity index (χ1n) is 7.98. The number of guanidine groups is 1. The average molecular weight is 302 g/mol. The molecule has 1 heterocycles. The van der Waals surface area contributed by atoms with Crippen LogP contribution in [0.15, 0.2) is 35.3 Å². The van der Waals surface area contributed by atoms with Gasteiger partial charge in [-0.05, 0) is 24.8 Å². The summed E-state index contributed by atoms with van der Waals surface area (Å²) in [6.07, 6.45) is 2.65. The summed E-state index contributed by atoms with van der Waals surface area (Å²) < 4.78 is 0. The van der Waals surface area contributed by atoms with Crippen LogP contribution in [-0.4, -0.2) is 42.9 Å². The molecule has 0 bridgehead atoms. The summed E-state index contributed by atoms with van der Waals surface area (Å²) in [4.78, 5) is 18.7. The highest BCUT2D eigenvalue weighted by molar-refractivity contribution is 5.84. The number of nitrogens with one attached hydrogen (secondary N) is 1. The molecule has 5 nitrogen and oxygen atoms in total. The zero-order valence-corrected chi connectivity index (χ0v) is 13.5. The SMILES string of the molecule is CCC(C(=O)N1CCC(NC(N)=NC)CC1)c1ccccc1. The van der Waals surface area contributed by atoms with Crippen LogP contribution in [0.2, 0.25) is 0 Å². The van der Waals surface area contributed by atoms with Gasteiger partial charge in [0.1, 0.15) is 0 Å². The Hall–Kier alpha value is -2.04. The summed E-state index contributed by atoms with van der Waals surface area (Å²) in [7, 11) is 1.67. The van der Waals surface area contributed by atoms with E-state index in [1.165, 1.54) is 0 Å². The fourth-order valence-electron chi connectivity index (χ4n) is 2.98. The smallest absolute Gasteiger partial charge is 0.230 e. The second kappa shape index (κ2) is 7.82. The Bertz CT molecular complexity index is 507. The first-order chi connectivity index (χ1) is 10.7. The van der Waals surface area contributed by atoms with E-state index in [9.17, 15) is 4.79 Å². The van der Waals surface area contributed by atoms with Crippen molar-refractivity contribution in [1.82, 2.24) is 10.2 Å². The monoisotopic (exact) mass is 302 g/mol. The number of piperidine rings is 1. The van der Waals surface area contributed by atoms with E-state index in [1.807, 2.05) is 35.2 Å². The number of likely N-dealkylation sites (tertiary alicyclic amines) is 1. The molecule has 5 heteroatoms. The summed E-state index contributed by atoms with van der Waals surface area (Å²) in [6, 6.07) is 10.4. The Kier molecular flexibility index (Phi) is 5.81. The molecule has 1 fully saturated rings. The number of hydrogen-bond acceptors (Lipinski definition) is 2. The fraction of sp³-hybridized carbons (Fsp3) is 0.529. The molecular formula is C17H26N4O. The average Bonchev–Trinajstić information content (AvgIpc) is 2.57. The van der Waals surface area contributed by atoms with Crippen LogP contribution in [-0.2, 0) is 4.79 Å². The van der Waals surface area contributed by atoms with Gasteiger partial charge in [0.15, 0.2) is 5.96 Å². The van der Waals surface area contributed by atoms with E-state index in [0.29, 0.717) is 12.0 Å². The maximum atomic E-state index is 12.8. The van der Waals surface area contributed by atoms with Crippen LogP contribution < -0.4 is 11.1 Å². The molecule has 1 aromatic rings. The van der Waals surface area contributed by atoms with Crippen LogP contribution in [0.4, 0.5) is 0 Å². The van der Waals surface area contributed by atoms with Gasteiger partial charge in [-0.3, -0.25) is 9.79 Å². The number of amides is 1. The van der Waals surface area contributed by atoms with Crippen molar-refractivity contribution in [3.63, 3.8) is 0 Å². The lowest BCUT2D eigenvalue weighted by molar-refractivity contribution is -0.134. The van der Waals surface area contributed by atoms with Gasteiger partial charge in [0, 0.05) is 26.2 Å². The summed E-state index contributed by atoms with van der Waals surface area (Å²) in [5, 5.41) is 3.19. The van der Waals surface area contributed by atoms with E-state index in [-0.39, 0.29) is 11.8 Å². The van der Waals surface area contributed by atoms with Gasteiger partial charge in [0.25, 0.3) is 0 Å². The molecule has 22 heavy (non-hydrogen) atoms. The molecule has 1 unspecified atom stereocenters. The van der Waals surface area contributed by atoms with Crippen LogP contribution in [0.1, 0.15) is 37.7 Å². The number of hydrogen-bond donors (Lipinski definition) is 2. The quantitative estimate of drug-likeness (QED) is 0.657. The lowest BCUT2D eigenvalue weighted by Gasteiger charge is -2.34. The molecule has 3 N–H and O–H groups in total. The molecule has 2 rings (SSSR count). The van der Waals surface area contributed by atoms with E-state index >= 15 is 0 Å². The summed E-state index contributed by atoms with van der Waals surface area (Å²) in [5.74, 6) is 0.678. The minimum absolute atomic E-state index is 0.0343. The Labute approximate surface area is 132 Å². The van der Waals surface area contributed by atoms with Crippen molar-refractivity contribution in [2.24, 2.45) is 10.7 Å². The molecule has 1 aliphatic heterocycles. The number of nitrogens with zero attached hydrogens (tertiary/aromatic N) is 2. The topological polar surface area (TPSA) is 70.7 Å². The van der Waals surface area contributed by atoms with E-state index in [0.717, 1.165) is 37.9 Å². The van der Waals surface area contributed by atoms with Crippen molar-refractivity contribution in [3.05, 3.63) is 35.9 Å². The molecule has 1 aliphatic rings. The molecule has 1 amide bonds. The molecule has 0 radical (unpaired) electrons. The van der Waals surface area contributed by atoms with Gasteiger partial charge in [-0.2, -0.15) is 0 Å². The molecule has 0 aromatic heterocycles. The van der Waals surface area contributed by atoms with Gasteiger partial charge < -0.3 is 16.0 Å². The maximum Gasteiger partial charge on any atom is 0.230 e. The lowest BCUT2D eigenvalue weighted by Crippen LogP contribution is -2.49. The van der Waals surface area contributed by atoms with Gasteiger partial charge in [-0.15, -0.1) is 0 Å². The Morgan fingerprint density at radius 3 is 2.55 bits per heavy atom. The summed E-state index contributed by atoms with van der Waals surface area (Å²) >= 11 is 0. The van der Waals surface area contributed by atoms with E-state index in [2.05, 4.69) is 17.2 Å². The van der Waals surface area contributed by atoms with Gasteiger partial charge in [0.05, 0.1) is 5.92 Å². The number of benzene rings is 1. The minimum Gasteiger partial charge on any atom is -0.370 e. The second-order valence-electron chi connectivity index (χ2n) is 5.72. The molecule has 1 saturated heterocycles. The Morgan fingerprint density at radius 2 is 2.00 bits per heavy atom. The van der Waals surface area contributed by atoms with E-state index in [4.69, 9.17) is 5.73 Å². The van der Waals surface area contributed by atoms with Crippen LogP contribution in [0.5, 0.6) is 0 Å². The Balaban J connectivity index is 1.94. The fourth-order valence-corrected chi connectivity index (χ4v) is 2.98. The predicted molar refractivity (Wildman–Crippen MR) is 89.8 cm³/mol. The van der Waals surface area contributed by atoms with Crippen molar-refractivity contribution >= 4 is 11.9 Å². The van der Waals surface area contributed by atoms with Crippen LogP contribution in [0.3, 0.4) is 0 Å². The van der Waals surface area contributed by atoms with E-state index < -0.39 is 0 Å². The highest BCUT2D eigenvalue weighted by Crippen LogP contribution is 2.24. The van der Waals surface area contributed by atoms with Gasteiger partial charge >= 0.3 is 0 Å². The third-order valence-corrected chi connectivity index (χ3v) is 4.31. The molecule has 1 atom stereocenters. The number of carbonyl (C=O) groups excluding carboxylic acids is 1. The van der Waals surface area contributed by atoms with Crippen molar-refractivity contribution in [1.29, 1.82) is 0 Å². The van der Waals surface area contributed by atoms with Crippen molar-refractivity contribution in [2.75, 3.05) is 20.1 Å². The van der Waals surface area contributed by atoms with Crippen molar-refractivity contribution in [2.45, 2.75) is 38.1 Å². The zero-order valence-electron chi connectivity index (χ0n) is 13.5. The number of rotatable bonds is 4. The third kappa shape index (κ3) is 4.00. The van der Waals surface area contributed by atoms with Crippen LogP contribution >= 0.6 is 0 Å². The highest BCUT2D eigenvalue weighted by Gasteiger charge is 2.28. The lowest BCUT2D eigenvalue weighted by atomic mass is 9.93. The van der Waals surface area contributed by atoms with E-state index in [1.54, 1.807) is 7.05 Å². The number of aliphatic imine (C=N–C) groups is 1. The summed E-state index contributed by atoms with van der Waals surface area (Å²) in [5.41, 5.74) is 6.81. The largest absolute Gasteiger partial charge is 0.370 e. The number of carbonyl (C=O) groups is 1. The summed E-state index contributed by atoms with van der Waals surface area (Å²) in [6.45, 7) is 3.62. The first-order valence-corrected chi connectivity index (χ1v) is 7.98. The highest BCUT2D eigenvalue weighted by atomic mass is 16.2. The third-order valence-electron chi connectivity index (χ3n) is 4.31. The molecule has 0 aliphatic carbocycles. The van der Waals surface area contributed by atoms with Gasteiger partial charge in [-0.25, -0.2) is 0 Å². The van der Waals surface area contributed by atoms with Gasteiger partial charge in [-0.1, -0.05) is 37.3 Å². The molecule has 1 aromatic carbocycles. The standard InChI is InChI=1S/C17H26N4O/c1-3-15(13-7-5-4-6-8-13)16(22)21-11-9-14(10-12-21)20-17(18)19-2/h4-8,14-15H,3,9-12H2,1-2H3,(H3,18,19,20). The van der Waals surface area contributed by atoms with Crippen LogP contribution in [0.25, 0.3) is 0 Å². The van der Waals surface area contributed by atoms with Crippen molar-refractivity contribution in [3.8, 4) is 0 Å².